The van der Waals surface area contributed by atoms with E-state index >= 15 is 0 Å². The van der Waals surface area contributed by atoms with Crippen LogP contribution >= 0.6 is 0 Å². The van der Waals surface area contributed by atoms with Gasteiger partial charge >= 0.3 is 5.69 Å². The fourth-order valence-corrected chi connectivity index (χ4v) is 2.26. The summed E-state index contributed by atoms with van der Waals surface area (Å²) < 4.78 is 5.43. The number of hydrogen-bond donors (Lipinski definition) is 1. The molecule has 7 nitrogen and oxygen atoms in total. The third-order valence-electron chi connectivity index (χ3n) is 3.26. The van der Waals surface area contributed by atoms with Crippen LogP contribution in [0.3, 0.4) is 0 Å². The maximum atomic E-state index is 10.7. The number of hydrogen-bond acceptors (Lipinski definition) is 6. The van der Waals surface area contributed by atoms with Gasteiger partial charge in [-0.15, -0.1) is 0 Å². The highest BCUT2D eigenvalue weighted by Gasteiger charge is 2.18. The van der Waals surface area contributed by atoms with Gasteiger partial charge in [-0.3, -0.25) is 10.1 Å². The Kier molecular flexibility index (Phi) is 4.16. The molecular formula is C12H18N4O3. The van der Waals surface area contributed by atoms with Crippen LogP contribution in [0.5, 0.6) is 0 Å². The van der Waals surface area contributed by atoms with E-state index in [-0.39, 0.29) is 11.5 Å². The second-order valence-corrected chi connectivity index (χ2v) is 4.79. The Balaban J connectivity index is 2.04. The minimum atomic E-state index is -0.527. The molecule has 0 spiro atoms. The van der Waals surface area contributed by atoms with Crippen molar-refractivity contribution in [3.8, 4) is 0 Å². The molecule has 1 atom stereocenters. The third-order valence-corrected chi connectivity index (χ3v) is 3.26. The Bertz CT molecular complexity index is 460. The van der Waals surface area contributed by atoms with Gasteiger partial charge in [0.15, 0.2) is 0 Å². The predicted molar refractivity (Wildman–Crippen MR) is 72.1 cm³/mol. The molecule has 0 aromatic carbocycles. The molecule has 1 unspecified atom stereocenters. The van der Waals surface area contributed by atoms with Gasteiger partial charge in [0.1, 0.15) is 5.82 Å². The lowest BCUT2D eigenvalue weighted by molar-refractivity contribution is -0.384. The topological polar surface area (TPSA) is 94.5 Å². The summed E-state index contributed by atoms with van der Waals surface area (Å²) in [5.74, 6) is 1.07. The minimum Gasteiger partial charge on any atom is -0.381 e. The number of nitrogen functional groups attached to an aromatic ring is 1. The first kappa shape index (κ1) is 13.5. The Morgan fingerprint density at radius 1 is 1.63 bits per heavy atom. The van der Waals surface area contributed by atoms with Gasteiger partial charge in [0.05, 0.1) is 11.5 Å². The number of pyridine rings is 1. The molecule has 104 valence electrons. The molecule has 1 aliphatic heterocycles. The Labute approximate surface area is 111 Å². The largest absolute Gasteiger partial charge is 0.381 e. The van der Waals surface area contributed by atoms with Gasteiger partial charge in [-0.2, -0.15) is 0 Å². The van der Waals surface area contributed by atoms with Crippen LogP contribution in [0.1, 0.15) is 12.8 Å². The van der Waals surface area contributed by atoms with E-state index in [1.807, 2.05) is 11.9 Å². The lowest BCUT2D eigenvalue weighted by Gasteiger charge is -2.27. The molecule has 0 saturated carbocycles. The standard InChI is InChI=1S/C12H18N4O3/c1-15(7-9-3-2-6-19-8-9)11-5-4-10(16(17)18)12(13)14-11/h4-5,9H,2-3,6-8H2,1H3,(H2,13,14). The molecule has 0 amide bonds. The van der Waals surface area contributed by atoms with Gasteiger partial charge in [0, 0.05) is 26.3 Å². The summed E-state index contributed by atoms with van der Waals surface area (Å²) in [4.78, 5) is 16.2. The highest BCUT2D eigenvalue weighted by atomic mass is 16.6. The van der Waals surface area contributed by atoms with Crippen molar-refractivity contribution < 1.29 is 9.66 Å². The van der Waals surface area contributed by atoms with E-state index in [2.05, 4.69) is 4.98 Å². The van der Waals surface area contributed by atoms with Crippen LogP contribution in [0.15, 0.2) is 12.1 Å². The third kappa shape index (κ3) is 3.31. The molecule has 0 radical (unpaired) electrons. The van der Waals surface area contributed by atoms with Crippen molar-refractivity contribution in [3.63, 3.8) is 0 Å². The highest BCUT2D eigenvalue weighted by Crippen LogP contribution is 2.23. The van der Waals surface area contributed by atoms with Crippen molar-refractivity contribution >= 4 is 17.3 Å². The predicted octanol–water partition coefficient (Wildman–Crippen LogP) is 1.43. The summed E-state index contributed by atoms with van der Waals surface area (Å²) in [5, 5.41) is 10.7. The second-order valence-electron chi connectivity index (χ2n) is 4.79. The quantitative estimate of drug-likeness (QED) is 0.654. The molecule has 1 fully saturated rings. The highest BCUT2D eigenvalue weighted by molar-refractivity contribution is 5.57. The van der Waals surface area contributed by atoms with Crippen molar-refractivity contribution in [3.05, 3.63) is 22.2 Å². The van der Waals surface area contributed by atoms with Gasteiger partial charge in [0.25, 0.3) is 0 Å². The average Bonchev–Trinajstić information content (AvgIpc) is 2.39. The van der Waals surface area contributed by atoms with Crippen LogP contribution < -0.4 is 10.6 Å². The number of aromatic nitrogens is 1. The molecule has 2 N–H and O–H groups in total. The van der Waals surface area contributed by atoms with Crippen LogP contribution in [0.25, 0.3) is 0 Å². The lowest BCUT2D eigenvalue weighted by Crippen LogP contribution is -2.31. The van der Waals surface area contributed by atoms with E-state index < -0.39 is 4.92 Å². The monoisotopic (exact) mass is 266 g/mol. The molecular weight excluding hydrogens is 248 g/mol. The van der Waals surface area contributed by atoms with Crippen LogP contribution in [0, 0.1) is 16.0 Å². The number of nitrogens with two attached hydrogens (primary N) is 1. The van der Waals surface area contributed by atoms with Crippen molar-refractivity contribution in [2.45, 2.75) is 12.8 Å². The lowest BCUT2D eigenvalue weighted by atomic mass is 10.0. The summed E-state index contributed by atoms with van der Waals surface area (Å²) in [6.07, 6.45) is 2.21. The van der Waals surface area contributed by atoms with E-state index in [0.29, 0.717) is 11.7 Å². The molecule has 2 rings (SSSR count). The number of anilines is 2. The van der Waals surface area contributed by atoms with Crippen molar-refractivity contribution in [2.75, 3.05) is 37.4 Å². The van der Waals surface area contributed by atoms with E-state index in [9.17, 15) is 10.1 Å². The van der Waals surface area contributed by atoms with Gasteiger partial charge in [-0.05, 0) is 24.8 Å². The molecule has 0 aliphatic carbocycles. The van der Waals surface area contributed by atoms with E-state index in [0.717, 1.165) is 32.6 Å². The normalized spacial score (nSPS) is 19.1. The van der Waals surface area contributed by atoms with Crippen LogP contribution in [0.2, 0.25) is 0 Å². The fraction of sp³-hybridized carbons (Fsp3) is 0.583. The molecule has 7 heteroatoms. The van der Waals surface area contributed by atoms with Crippen molar-refractivity contribution in [1.82, 2.24) is 4.98 Å². The molecule has 1 aromatic heterocycles. The SMILES string of the molecule is CN(CC1CCCOC1)c1ccc([N+](=O)[O-])c(N)n1. The first-order chi connectivity index (χ1) is 9.08. The summed E-state index contributed by atoms with van der Waals surface area (Å²) in [5.41, 5.74) is 5.43. The van der Waals surface area contributed by atoms with Gasteiger partial charge < -0.3 is 15.4 Å². The molecule has 0 bridgehead atoms. The smallest absolute Gasteiger partial charge is 0.311 e. The molecule has 1 aromatic rings. The Hall–Kier alpha value is -1.89. The first-order valence-corrected chi connectivity index (χ1v) is 6.27. The van der Waals surface area contributed by atoms with Gasteiger partial charge in [-0.1, -0.05) is 0 Å². The van der Waals surface area contributed by atoms with Crippen LogP contribution in [-0.4, -0.2) is 36.7 Å². The zero-order valence-corrected chi connectivity index (χ0v) is 10.9. The van der Waals surface area contributed by atoms with E-state index in [1.54, 1.807) is 6.07 Å². The van der Waals surface area contributed by atoms with E-state index in [1.165, 1.54) is 6.07 Å². The van der Waals surface area contributed by atoms with Crippen molar-refractivity contribution in [2.24, 2.45) is 5.92 Å². The zero-order valence-electron chi connectivity index (χ0n) is 10.9. The van der Waals surface area contributed by atoms with Crippen LogP contribution in [-0.2, 0) is 4.74 Å². The fourth-order valence-electron chi connectivity index (χ4n) is 2.26. The van der Waals surface area contributed by atoms with Gasteiger partial charge in [-0.25, -0.2) is 4.98 Å². The molecule has 1 aliphatic rings. The summed E-state index contributed by atoms with van der Waals surface area (Å²) >= 11 is 0. The number of rotatable bonds is 4. The Morgan fingerprint density at radius 3 is 3.00 bits per heavy atom. The number of ether oxygens (including phenoxy) is 1. The minimum absolute atomic E-state index is 0.0470. The van der Waals surface area contributed by atoms with Crippen molar-refractivity contribution in [1.29, 1.82) is 0 Å². The number of nitro groups is 1. The maximum absolute atomic E-state index is 10.7. The first-order valence-electron chi connectivity index (χ1n) is 6.27. The second kappa shape index (κ2) is 5.83. The molecule has 19 heavy (non-hydrogen) atoms. The maximum Gasteiger partial charge on any atom is 0.311 e. The summed E-state index contributed by atoms with van der Waals surface area (Å²) in [7, 11) is 1.90. The number of nitrogens with zero attached hydrogens (tertiary/aromatic N) is 3. The van der Waals surface area contributed by atoms with Crippen LogP contribution in [0.4, 0.5) is 17.3 Å². The average molecular weight is 266 g/mol. The zero-order chi connectivity index (χ0) is 13.8. The summed E-state index contributed by atoms with van der Waals surface area (Å²) in [6.45, 7) is 2.40. The van der Waals surface area contributed by atoms with E-state index in [4.69, 9.17) is 10.5 Å². The molecule has 1 saturated heterocycles. The molecule has 2 heterocycles. The van der Waals surface area contributed by atoms with Gasteiger partial charge in [0.2, 0.25) is 5.82 Å². The Morgan fingerprint density at radius 2 is 2.42 bits per heavy atom. The summed E-state index contributed by atoms with van der Waals surface area (Å²) in [6, 6.07) is 3.02.